The fourth-order valence-corrected chi connectivity index (χ4v) is 6.00. The Balaban J connectivity index is 1.71. The number of aromatic nitrogens is 2. The molecule has 3 aromatic rings. The first-order valence-corrected chi connectivity index (χ1v) is 13.2. The molecule has 1 heterocycles. The molecule has 1 amide bonds. The molecule has 0 bridgehead atoms. The van der Waals surface area contributed by atoms with Crippen molar-refractivity contribution in [1.29, 1.82) is 0 Å². The number of sulfonamides is 1. The Morgan fingerprint density at radius 1 is 1.13 bits per heavy atom. The van der Waals surface area contributed by atoms with Crippen LogP contribution in [0.25, 0.3) is 0 Å². The average Bonchev–Trinajstić information content (AvgIpc) is 3.12. The summed E-state index contributed by atoms with van der Waals surface area (Å²) in [7, 11) is -3.69. The molecule has 0 spiro atoms. The van der Waals surface area contributed by atoms with E-state index in [1.54, 1.807) is 19.1 Å². The zero-order valence-electron chi connectivity index (χ0n) is 17.7. The third-order valence-electron chi connectivity index (χ3n) is 4.39. The predicted molar refractivity (Wildman–Crippen MR) is 127 cm³/mol. The number of anilines is 2. The van der Waals surface area contributed by atoms with Gasteiger partial charge in [0.05, 0.1) is 11.9 Å². The van der Waals surface area contributed by atoms with Gasteiger partial charge in [-0.15, -0.1) is 10.2 Å². The minimum atomic E-state index is -3.69. The van der Waals surface area contributed by atoms with Gasteiger partial charge in [-0.3, -0.25) is 14.4 Å². The second kappa shape index (κ2) is 9.80. The van der Waals surface area contributed by atoms with Crippen LogP contribution in [-0.4, -0.2) is 36.8 Å². The number of aryl methyl sites for hydroxylation is 2. The van der Waals surface area contributed by atoms with Crippen LogP contribution in [-0.2, 0) is 20.6 Å². The molecule has 0 fully saturated rings. The molecule has 0 saturated carbocycles. The standard InChI is InChI=1S/C21H24N4O3S3/c1-14-10-15(2)12-18(11-14)25(31(4,27)28)16(3)19(26)22-20-23-24-21(30-20)29-13-17-8-6-5-7-9-17/h5-12,16H,13H2,1-4H3,(H,22,23,26). The summed E-state index contributed by atoms with van der Waals surface area (Å²) in [5.74, 6) is 0.273. The van der Waals surface area contributed by atoms with E-state index >= 15 is 0 Å². The minimum Gasteiger partial charge on any atom is -0.299 e. The molecule has 1 aromatic heterocycles. The molecule has 0 aliphatic rings. The monoisotopic (exact) mass is 476 g/mol. The van der Waals surface area contributed by atoms with E-state index in [9.17, 15) is 13.2 Å². The second-order valence-corrected chi connectivity index (χ2v) is 11.3. The van der Waals surface area contributed by atoms with Crippen LogP contribution in [0.15, 0.2) is 52.9 Å². The molecule has 31 heavy (non-hydrogen) atoms. The Hall–Kier alpha value is -2.43. The summed E-state index contributed by atoms with van der Waals surface area (Å²) in [4.78, 5) is 12.8. The first kappa shape index (κ1) is 23.2. The van der Waals surface area contributed by atoms with Gasteiger partial charge in [-0.1, -0.05) is 59.5 Å². The molecule has 1 atom stereocenters. The zero-order valence-corrected chi connectivity index (χ0v) is 20.1. The van der Waals surface area contributed by atoms with Gasteiger partial charge in [-0.2, -0.15) is 0 Å². The summed E-state index contributed by atoms with van der Waals surface area (Å²) in [5, 5.41) is 11.2. The topological polar surface area (TPSA) is 92.3 Å². The molecule has 0 aliphatic carbocycles. The van der Waals surface area contributed by atoms with E-state index in [4.69, 9.17) is 0 Å². The van der Waals surface area contributed by atoms with Crippen molar-refractivity contribution in [2.75, 3.05) is 15.9 Å². The maximum absolute atomic E-state index is 12.8. The third kappa shape index (κ3) is 6.28. The number of carbonyl (C=O) groups is 1. The van der Waals surface area contributed by atoms with Crippen molar-refractivity contribution in [2.45, 2.75) is 36.9 Å². The zero-order chi connectivity index (χ0) is 22.6. The van der Waals surface area contributed by atoms with E-state index in [0.717, 1.165) is 31.8 Å². The van der Waals surface area contributed by atoms with Crippen molar-refractivity contribution in [2.24, 2.45) is 0 Å². The van der Waals surface area contributed by atoms with E-state index in [1.807, 2.05) is 50.2 Å². The number of carbonyl (C=O) groups excluding carboxylic acids is 1. The first-order valence-electron chi connectivity index (χ1n) is 9.52. The highest BCUT2D eigenvalue weighted by atomic mass is 32.2. The van der Waals surface area contributed by atoms with E-state index in [0.29, 0.717) is 10.8 Å². The second-order valence-electron chi connectivity index (χ2n) is 7.22. The molecule has 164 valence electrons. The van der Waals surface area contributed by atoms with Crippen molar-refractivity contribution in [1.82, 2.24) is 10.2 Å². The fraction of sp³-hybridized carbons (Fsp3) is 0.286. The highest BCUT2D eigenvalue weighted by molar-refractivity contribution is 8.00. The van der Waals surface area contributed by atoms with Gasteiger partial charge in [-0.25, -0.2) is 8.42 Å². The van der Waals surface area contributed by atoms with Crippen LogP contribution in [0.1, 0.15) is 23.6 Å². The molecular weight excluding hydrogens is 452 g/mol. The number of rotatable bonds is 8. The van der Waals surface area contributed by atoms with Crippen molar-refractivity contribution in [3.63, 3.8) is 0 Å². The molecule has 1 unspecified atom stereocenters. The lowest BCUT2D eigenvalue weighted by atomic mass is 10.1. The van der Waals surface area contributed by atoms with Crippen LogP contribution >= 0.6 is 23.1 Å². The molecule has 0 radical (unpaired) electrons. The van der Waals surface area contributed by atoms with Gasteiger partial charge in [0.25, 0.3) is 0 Å². The van der Waals surface area contributed by atoms with Crippen LogP contribution < -0.4 is 9.62 Å². The SMILES string of the molecule is Cc1cc(C)cc(N(C(C)C(=O)Nc2nnc(SCc3ccccc3)s2)S(C)(=O)=O)c1. The molecule has 10 heteroatoms. The Morgan fingerprint density at radius 3 is 2.39 bits per heavy atom. The molecule has 3 rings (SSSR count). The maximum Gasteiger partial charge on any atom is 0.249 e. The molecular formula is C21H24N4O3S3. The largest absolute Gasteiger partial charge is 0.299 e. The normalized spacial score (nSPS) is 12.4. The first-order chi connectivity index (χ1) is 14.6. The van der Waals surface area contributed by atoms with Gasteiger partial charge in [0, 0.05) is 5.75 Å². The lowest BCUT2D eigenvalue weighted by Crippen LogP contribution is -2.45. The number of hydrogen-bond acceptors (Lipinski definition) is 7. The molecule has 2 aromatic carbocycles. The van der Waals surface area contributed by atoms with E-state index in [1.165, 1.54) is 28.7 Å². The molecule has 7 nitrogen and oxygen atoms in total. The number of amides is 1. The van der Waals surface area contributed by atoms with Crippen molar-refractivity contribution >= 4 is 49.8 Å². The number of hydrogen-bond donors (Lipinski definition) is 1. The van der Waals surface area contributed by atoms with Crippen molar-refractivity contribution in [3.8, 4) is 0 Å². The van der Waals surface area contributed by atoms with E-state index < -0.39 is 22.0 Å². The summed E-state index contributed by atoms with van der Waals surface area (Å²) < 4.78 is 26.8. The Labute approximate surface area is 191 Å². The van der Waals surface area contributed by atoms with Gasteiger partial charge in [0.15, 0.2) is 4.34 Å². The van der Waals surface area contributed by atoms with Crippen molar-refractivity contribution < 1.29 is 13.2 Å². The number of thioether (sulfide) groups is 1. The number of nitrogens with one attached hydrogen (secondary N) is 1. The third-order valence-corrected chi connectivity index (χ3v) is 7.68. The maximum atomic E-state index is 12.8. The van der Waals surface area contributed by atoms with Gasteiger partial charge in [0.2, 0.25) is 21.1 Å². The van der Waals surface area contributed by atoms with Crippen LogP contribution in [0.4, 0.5) is 10.8 Å². The Bertz CT molecular complexity index is 1140. The number of nitrogens with zero attached hydrogens (tertiary/aromatic N) is 3. The molecule has 0 aliphatic heterocycles. The lowest BCUT2D eigenvalue weighted by Gasteiger charge is -2.28. The smallest absolute Gasteiger partial charge is 0.249 e. The van der Waals surface area contributed by atoms with Gasteiger partial charge in [0.1, 0.15) is 6.04 Å². The number of benzene rings is 2. The van der Waals surface area contributed by atoms with E-state index in [-0.39, 0.29) is 0 Å². The van der Waals surface area contributed by atoms with Crippen molar-refractivity contribution in [3.05, 3.63) is 65.2 Å². The Kier molecular flexibility index (Phi) is 7.34. The van der Waals surface area contributed by atoms with Crippen LogP contribution in [0.5, 0.6) is 0 Å². The summed E-state index contributed by atoms with van der Waals surface area (Å²) in [6.07, 6.45) is 1.09. The summed E-state index contributed by atoms with van der Waals surface area (Å²) in [5.41, 5.74) is 3.46. The highest BCUT2D eigenvalue weighted by Gasteiger charge is 2.30. The van der Waals surface area contributed by atoms with Gasteiger partial charge < -0.3 is 0 Å². The lowest BCUT2D eigenvalue weighted by molar-refractivity contribution is -0.116. The van der Waals surface area contributed by atoms with Crippen LogP contribution in [0.2, 0.25) is 0 Å². The molecule has 1 N–H and O–H groups in total. The van der Waals surface area contributed by atoms with Crippen LogP contribution in [0.3, 0.4) is 0 Å². The van der Waals surface area contributed by atoms with Crippen LogP contribution in [0, 0.1) is 13.8 Å². The Morgan fingerprint density at radius 2 is 1.77 bits per heavy atom. The molecule has 0 saturated heterocycles. The highest BCUT2D eigenvalue weighted by Crippen LogP contribution is 2.29. The summed E-state index contributed by atoms with van der Waals surface area (Å²) in [6.45, 7) is 5.33. The summed E-state index contributed by atoms with van der Waals surface area (Å²) in [6, 6.07) is 14.5. The minimum absolute atomic E-state index is 0.335. The average molecular weight is 477 g/mol. The van der Waals surface area contributed by atoms with Gasteiger partial charge >= 0.3 is 0 Å². The summed E-state index contributed by atoms with van der Waals surface area (Å²) >= 11 is 2.79. The predicted octanol–water partition coefficient (Wildman–Crippen LogP) is 4.24. The van der Waals surface area contributed by atoms with E-state index in [2.05, 4.69) is 15.5 Å². The van der Waals surface area contributed by atoms with Gasteiger partial charge in [-0.05, 0) is 49.6 Å². The fourth-order valence-electron chi connectivity index (χ4n) is 3.13. The quantitative estimate of drug-likeness (QED) is 0.386.